The Morgan fingerprint density at radius 2 is 2.05 bits per heavy atom. The second kappa shape index (κ2) is 10.1. The van der Waals surface area contributed by atoms with Crippen molar-refractivity contribution in [2.45, 2.75) is 55.6 Å². The number of hydrogen-bond acceptors (Lipinski definition) is 7. The summed E-state index contributed by atoms with van der Waals surface area (Å²) in [4.78, 5) is 12.9. The van der Waals surface area contributed by atoms with Crippen LogP contribution in [-0.4, -0.2) is 44.1 Å². The molecule has 1 fully saturated rings. The number of aromatic nitrogens is 4. The second-order valence-corrected chi connectivity index (χ2v) is 12.0. The number of halogens is 2. The van der Waals surface area contributed by atoms with Crippen LogP contribution >= 0.6 is 11.6 Å². The predicted octanol–water partition coefficient (Wildman–Crippen LogP) is 5.49. The Bertz CT molecular complexity index is 1620. The van der Waals surface area contributed by atoms with Crippen LogP contribution in [0.4, 0.5) is 10.2 Å². The average molecular weight is 556 g/mol. The summed E-state index contributed by atoms with van der Waals surface area (Å²) >= 11 is 6.21. The molecule has 8 nitrogen and oxygen atoms in total. The molecule has 198 valence electrons. The summed E-state index contributed by atoms with van der Waals surface area (Å²) in [5, 5.41) is 14.7. The third-order valence-corrected chi connectivity index (χ3v) is 8.70. The van der Waals surface area contributed by atoms with E-state index in [4.69, 9.17) is 11.6 Å². The second-order valence-electron chi connectivity index (χ2n) is 9.73. The first-order valence-electron chi connectivity index (χ1n) is 12.2. The van der Waals surface area contributed by atoms with E-state index < -0.39 is 21.4 Å². The molecule has 11 heteroatoms. The lowest BCUT2D eigenvalue weighted by atomic mass is 9.80. The minimum Gasteiger partial charge on any atom is -0.389 e. The molecule has 0 saturated heterocycles. The lowest BCUT2D eigenvalue weighted by molar-refractivity contribution is 0.00294. The molecule has 0 aliphatic heterocycles. The lowest BCUT2D eigenvalue weighted by Crippen LogP contribution is -2.40. The van der Waals surface area contributed by atoms with Crippen molar-refractivity contribution in [3.63, 3.8) is 0 Å². The maximum absolute atomic E-state index is 14.8. The summed E-state index contributed by atoms with van der Waals surface area (Å²) in [5.41, 5.74) is 0.506. The Kier molecular flexibility index (Phi) is 6.97. The average Bonchev–Trinajstić information content (AvgIpc) is 3.25. The minimum atomic E-state index is -4.01. The fourth-order valence-electron chi connectivity index (χ4n) is 4.95. The molecule has 38 heavy (non-hydrogen) atoms. The molecule has 2 N–H and O–H groups in total. The molecule has 0 bridgehead atoms. The van der Waals surface area contributed by atoms with E-state index in [1.807, 2.05) is 6.92 Å². The van der Waals surface area contributed by atoms with Crippen LogP contribution in [-0.2, 0) is 10.0 Å². The molecule has 3 heterocycles. The SMILES string of the molecule is C=CC[C@@]1(O)CCC[C@H](Nc2nc(-c3cn(S(=O)(=O)c4ccc(C)cc4)c4ncc(Cl)cc34)ncc2F)C1. The van der Waals surface area contributed by atoms with Crippen molar-refractivity contribution >= 4 is 38.5 Å². The maximum atomic E-state index is 14.8. The highest BCUT2D eigenvalue weighted by Crippen LogP contribution is 2.35. The predicted molar refractivity (Wildman–Crippen MR) is 145 cm³/mol. The van der Waals surface area contributed by atoms with Gasteiger partial charge >= 0.3 is 0 Å². The number of anilines is 1. The molecule has 0 spiro atoms. The Morgan fingerprint density at radius 3 is 2.79 bits per heavy atom. The van der Waals surface area contributed by atoms with Crippen LogP contribution in [0.1, 0.15) is 37.7 Å². The zero-order valence-corrected chi connectivity index (χ0v) is 22.3. The number of pyridine rings is 1. The lowest BCUT2D eigenvalue weighted by Gasteiger charge is -2.36. The normalized spacial score (nSPS) is 19.9. The summed E-state index contributed by atoms with van der Waals surface area (Å²) in [6.45, 7) is 5.59. The topological polar surface area (TPSA) is 110 Å². The maximum Gasteiger partial charge on any atom is 0.269 e. The first kappa shape index (κ1) is 26.3. The van der Waals surface area contributed by atoms with E-state index in [1.165, 1.54) is 24.5 Å². The van der Waals surface area contributed by atoms with Crippen LogP contribution in [0.3, 0.4) is 0 Å². The van der Waals surface area contributed by atoms with Crippen LogP contribution in [0.2, 0.25) is 5.02 Å². The highest BCUT2D eigenvalue weighted by molar-refractivity contribution is 7.90. The first-order valence-corrected chi connectivity index (χ1v) is 14.0. The molecule has 0 amide bonds. The van der Waals surface area contributed by atoms with Crippen molar-refractivity contribution in [2.24, 2.45) is 0 Å². The fraction of sp³-hybridized carbons (Fsp3) is 0.296. The zero-order chi connectivity index (χ0) is 27.1. The van der Waals surface area contributed by atoms with Gasteiger partial charge < -0.3 is 10.4 Å². The first-order chi connectivity index (χ1) is 18.1. The van der Waals surface area contributed by atoms with Crippen molar-refractivity contribution in [1.82, 2.24) is 18.9 Å². The number of nitrogens with zero attached hydrogens (tertiary/aromatic N) is 4. The summed E-state index contributed by atoms with van der Waals surface area (Å²) in [6, 6.07) is 7.86. The molecule has 1 aliphatic carbocycles. The van der Waals surface area contributed by atoms with E-state index in [9.17, 15) is 17.9 Å². The molecule has 1 aliphatic rings. The van der Waals surface area contributed by atoms with E-state index in [0.717, 1.165) is 28.6 Å². The van der Waals surface area contributed by atoms with Gasteiger partial charge in [0.05, 0.1) is 21.7 Å². The largest absolute Gasteiger partial charge is 0.389 e. The Labute approximate surface area is 225 Å². The smallest absolute Gasteiger partial charge is 0.269 e. The standard InChI is InChI=1S/C27H27ClFN5O3S/c1-3-10-27(35)11-4-5-19(13-27)32-25-23(29)15-30-24(33-25)22-16-34(26-21(22)12-18(28)14-31-26)38(36,37)20-8-6-17(2)7-9-20/h3,6-9,12,14-16,19,35H,1,4-5,10-11,13H2,2H3,(H,30,32,33)/t19-,27+/m0/s1. The molecule has 1 saturated carbocycles. The number of hydrogen-bond donors (Lipinski definition) is 2. The van der Waals surface area contributed by atoms with Gasteiger partial charge in [0, 0.05) is 29.4 Å². The van der Waals surface area contributed by atoms with Crippen molar-refractivity contribution in [3.05, 3.63) is 78.0 Å². The van der Waals surface area contributed by atoms with Gasteiger partial charge in [0.15, 0.2) is 23.1 Å². The van der Waals surface area contributed by atoms with Gasteiger partial charge in [-0.1, -0.05) is 35.4 Å². The van der Waals surface area contributed by atoms with Crippen LogP contribution in [0.15, 0.2) is 66.5 Å². The molecule has 3 aromatic heterocycles. The number of aliphatic hydroxyl groups is 1. The van der Waals surface area contributed by atoms with E-state index in [1.54, 1.807) is 24.3 Å². The van der Waals surface area contributed by atoms with Crippen LogP contribution in [0.25, 0.3) is 22.4 Å². The highest BCUT2D eigenvalue weighted by atomic mass is 35.5. The number of aryl methyl sites for hydroxylation is 1. The molecular formula is C27H27ClFN5O3S. The number of rotatable bonds is 7. The zero-order valence-electron chi connectivity index (χ0n) is 20.7. The van der Waals surface area contributed by atoms with Gasteiger partial charge in [-0.2, -0.15) is 0 Å². The molecule has 1 aromatic carbocycles. The summed E-state index contributed by atoms with van der Waals surface area (Å²) < 4.78 is 42.9. The number of benzene rings is 1. The van der Waals surface area contributed by atoms with Crippen LogP contribution < -0.4 is 5.32 Å². The van der Waals surface area contributed by atoms with E-state index in [2.05, 4.69) is 26.8 Å². The van der Waals surface area contributed by atoms with Gasteiger partial charge in [-0.15, -0.1) is 6.58 Å². The summed E-state index contributed by atoms with van der Waals surface area (Å²) in [6.07, 6.45) is 8.51. The minimum absolute atomic E-state index is 0.0277. The Balaban J connectivity index is 1.56. The molecule has 5 rings (SSSR count). The molecular weight excluding hydrogens is 529 g/mol. The molecule has 4 aromatic rings. The van der Waals surface area contributed by atoms with Crippen molar-refractivity contribution < 1.29 is 17.9 Å². The summed E-state index contributed by atoms with van der Waals surface area (Å²) in [5.74, 6) is -0.572. The van der Waals surface area contributed by atoms with Crippen LogP contribution in [0, 0.1) is 12.7 Å². The van der Waals surface area contributed by atoms with Crippen molar-refractivity contribution in [2.75, 3.05) is 5.32 Å². The molecule has 0 radical (unpaired) electrons. The van der Waals surface area contributed by atoms with Gasteiger partial charge in [-0.3, -0.25) is 0 Å². The van der Waals surface area contributed by atoms with E-state index in [0.29, 0.717) is 35.2 Å². The van der Waals surface area contributed by atoms with Gasteiger partial charge in [0.1, 0.15) is 0 Å². The fourth-order valence-corrected chi connectivity index (χ4v) is 6.43. The van der Waals surface area contributed by atoms with E-state index >= 15 is 0 Å². The molecule has 0 unspecified atom stereocenters. The van der Waals surface area contributed by atoms with Gasteiger partial charge in [0.25, 0.3) is 10.0 Å². The number of nitrogens with one attached hydrogen (secondary N) is 1. The van der Waals surface area contributed by atoms with E-state index in [-0.39, 0.29) is 28.2 Å². The summed E-state index contributed by atoms with van der Waals surface area (Å²) in [7, 11) is -4.01. The molecule has 2 atom stereocenters. The van der Waals surface area contributed by atoms with Crippen molar-refractivity contribution in [3.8, 4) is 11.4 Å². The van der Waals surface area contributed by atoms with Crippen molar-refractivity contribution in [1.29, 1.82) is 0 Å². The quantitative estimate of drug-likeness (QED) is 0.290. The monoisotopic (exact) mass is 555 g/mol. The Morgan fingerprint density at radius 1 is 1.29 bits per heavy atom. The number of fused-ring (bicyclic) bond motifs is 1. The van der Waals surface area contributed by atoms with Crippen LogP contribution in [0.5, 0.6) is 0 Å². The van der Waals surface area contributed by atoms with Gasteiger partial charge in [-0.25, -0.2) is 31.7 Å². The highest BCUT2D eigenvalue weighted by Gasteiger charge is 2.34. The van der Waals surface area contributed by atoms with Gasteiger partial charge in [-0.05, 0) is 57.2 Å². The third-order valence-electron chi connectivity index (χ3n) is 6.83. The third kappa shape index (κ3) is 5.03. The van der Waals surface area contributed by atoms with Gasteiger partial charge in [0.2, 0.25) is 0 Å². The Hall–Kier alpha value is -3.34.